The Morgan fingerprint density at radius 1 is 1.53 bits per heavy atom. The van der Waals surface area contributed by atoms with E-state index in [4.69, 9.17) is 5.11 Å². The number of aryl methyl sites for hydroxylation is 1. The van der Waals surface area contributed by atoms with E-state index in [0.29, 0.717) is 4.88 Å². The van der Waals surface area contributed by atoms with Gasteiger partial charge in [-0.3, -0.25) is 9.59 Å². The number of carbonyl (C=O) groups excluding carboxylic acids is 2. The SMILES string of the molecule is CCc1ccc(C(=O)N2CC(=O)NCC2C(=O)O)s1. The minimum absolute atomic E-state index is 0.0497. The molecule has 2 rings (SSSR count). The molecule has 0 radical (unpaired) electrons. The highest BCUT2D eigenvalue weighted by atomic mass is 32.1. The molecular weight excluding hydrogens is 268 g/mol. The van der Waals surface area contributed by atoms with Gasteiger partial charge in [0.2, 0.25) is 5.91 Å². The maximum atomic E-state index is 12.3. The molecule has 0 spiro atoms. The number of rotatable bonds is 3. The van der Waals surface area contributed by atoms with Crippen molar-refractivity contribution in [1.82, 2.24) is 10.2 Å². The van der Waals surface area contributed by atoms with Crippen LogP contribution in [-0.2, 0) is 16.0 Å². The highest BCUT2D eigenvalue weighted by molar-refractivity contribution is 7.14. The average molecular weight is 282 g/mol. The van der Waals surface area contributed by atoms with Crippen molar-refractivity contribution < 1.29 is 19.5 Å². The quantitative estimate of drug-likeness (QED) is 0.836. The summed E-state index contributed by atoms with van der Waals surface area (Å²) >= 11 is 1.33. The Balaban J connectivity index is 2.23. The lowest BCUT2D eigenvalue weighted by atomic mass is 10.2. The van der Waals surface area contributed by atoms with E-state index in [9.17, 15) is 14.4 Å². The molecule has 1 fully saturated rings. The molecule has 0 bridgehead atoms. The molecule has 1 aliphatic heterocycles. The molecule has 1 aromatic heterocycles. The highest BCUT2D eigenvalue weighted by Crippen LogP contribution is 2.20. The van der Waals surface area contributed by atoms with Gasteiger partial charge in [-0.25, -0.2) is 4.79 Å². The Hall–Kier alpha value is -1.89. The molecule has 2 amide bonds. The number of amides is 2. The van der Waals surface area contributed by atoms with Gasteiger partial charge in [-0.1, -0.05) is 6.92 Å². The van der Waals surface area contributed by atoms with Crippen molar-refractivity contribution in [3.05, 3.63) is 21.9 Å². The minimum atomic E-state index is -1.11. The van der Waals surface area contributed by atoms with Crippen LogP contribution in [0.2, 0.25) is 0 Å². The number of thiophene rings is 1. The van der Waals surface area contributed by atoms with Crippen LogP contribution in [0.1, 0.15) is 21.5 Å². The lowest BCUT2D eigenvalue weighted by molar-refractivity contribution is -0.144. The second-order valence-electron chi connectivity index (χ2n) is 4.21. The zero-order valence-electron chi connectivity index (χ0n) is 10.4. The van der Waals surface area contributed by atoms with Crippen molar-refractivity contribution in [2.45, 2.75) is 19.4 Å². The number of nitrogens with zero attached hydrogens (tertiary/aromatic N) is 1. The summed E-state index contributed by atoms with van der Waals surface area (Å²) in [6, 6.07) is 2.52. The van der Waals surface area contributed by atoms with Crippen LogP contribution in [0.15, 0.2) is 12.1 Å². The first-order valence-corrected chi connectivity index (χ1v) is 6.73. The van der Waals surface area contributed by atoms with Crippen molar-refractivity contribution in [3.8, 4) is 0 Å². The van der Waals surface area contributed by atoms with Crippen LogP contribution in [-0.4, -0.2) is 46.9 Å². The molecule has 1 aliphatic rings. The maximum Gasteiger partial charge on any atom is 0.328 e. The van der Waals surface area contributed by atoms with E-state index in [1.165, 1.54) is 11.3 Å². The molecule has 102 valence electrons. The number of nitrogens with one attached hydrogen (secondary N) is 1. The van der Waals surface area contributed by atoms with Gasteiger partial charge in [-0.15, -0.1) is 11.3 Å². The van der Waals surface area contributed by atoms with Gasteiger partial charge in [0.25, 0.3) is 5.91 Å². The lowest BCUT2D eigenvalue weighted by Crippen LogP contribution is -2.59. The molecule has 1 atom stereocenters. The van der Waals surface area contributed by atoms with Crippen LogP contribution in [0.5, 0.6) is 0 Å². The third kappa shape index (κ3) is 2.76. The molecule has 2 N–H and O–H groups in total. The first-order valence-electron chi connectivity index (χ1n) is 5.92. The summed E-state index contributed by atoms with van der Waals surface area (Å²) in [4.78, 5) is 37.4. The fourth-order valence-corrected chi connectivity index (χ4v) is 2.80. The first-order chi connectivity index (χ1) is 9.02. The van der Waals surface area contributed by atoms with Gasteiger partial charge in [-0.05, 0) is 18.6 Å². The van der Waals surface area contributed by atoms with E-state index in [1.54, 1.807) is 6.07 Å². The van der Waals surface area contributed by atoms with Crippen LogP contribution in [0, 0.1) is 0 Å². The molecule has 0 saturated carbocycles. The van der Waals surface area contributed by atoms with Gasteiger partial charge >= 0.3 is 5.97 Å². The Labute approximate surface area is 114 Å². The Kier molecular flexibility index (Phi) is 3.84. The Morgan fingerprint density at radius 3 is 2.84 bits per heavy atom. The predicted molar refractivity (Wildman–Crippen MR) is 69.2 cm³/mol. The molecule has 1 unspecified atom stereocenters. The predicted octanol–water partition coefficient (Wildman–Crippen LogP) is 0.336. The standard InChI is InChI=1S/C12H14N2O4S/c1-2-7-3-4-9(19-7)11(16)14-6-10(15)13-5-8(14)12(17)18/h3-4,8H,2,5-6H2,1H3,(H,13,15)(H,17,18). The van der Waals surface area contributed by atoms with Crippen molar-refractivity contribution in [1.29, 1.82) is 0 Å². The number of hydrogen-bond acceptors (Lipinski definition) is 4. The maximum absolute atomic E-state index is 12.3. The van der Waals surface area contributed by atoms with Gasteiger partial charge in [0.15, 0.2) is 0 Å². The summed E-state index contributed by atoms with van der Waals surface area (Å²) < 4.78 is 0. The topological polar surface area (TPSA) is 86.7 Å². The molecule has 7 heteroatoms. The van der Waals surface area contributed by atoms with Crippen molar-refractivity contribution in [2.75, 3.05) is 13.1 Å². The fourth-order valence-electron chi connectivity index (χ4n) is 1.90. The van der Waals surface area contributed by atoms with Crippen LogP contribution < -0.4 is 5.32 Å². The number of aliphatic carboxylic acids is 1. The highest BCUT2D eigenvalue weighted by Gasteiger charge is 2.35. The van der Waals surface area contributed by atoms with Crippen molar-refractivity contribution in [3.63, 3.8) is 0 Å². The van der Waals surface area contributed by atoms with Gasteiger partial charge in [0, 0.05) is 11.4 Å². The molecule has 1 saturated heterocycles. The van der Waals surface area contributed by atoms with Gasteiger partial charge in [-0.2, -0.15) is 0 Å². The Morgan fingerprint density at radius 2 is 2.26 bits per heavy atom. The second-order valence-corrected chi connectivity index (χ2v) is 5.38. The molecule has 2 heterocycles. The van der Waals surface area contributed by atoms with E-state index >= 15 is 0 Å². The molecule has 0 aromatic carbocycles. The molecule has 19 heavy (non-hydrogen) atoms. The number of carboxylic acid groups (broad SMARTS) is 1. The zero-order valence-corrected chi connectivity index (χ0v) is 11.2. The molecule has 1 aromatic rings. The number of carboxylic acids is 1. The van der Waals surface area contributed by atoms with E-state index in [2.05, 4.69) is 5.32 Å². The fraction of sp³-hybridized carbons (Fsp3) is 0.417. The summed E-state index contributed by atoms with van der Waals surface area (Å²) in [7, 11) is 0. The van der Waals surface area contributed by atoms with Crippen LogP contribution in [0.25, 0.3) is 0 Å². The molecule has 6 nitrogen and oxygen atoms in total. The summed E-state index contributed by atoms with van der Waals surface area (Å²) in [5.74, 6) is -1.84. The number of hydrogen-bond donors (Lipinski definition) is 2. The van der Waals surface area contributed by atoms with Crippen molar-refractivity contribution in [2.24, 2.45) is 0 Å². The number of piperazine rings is 1. The molecular formula is C12H14N2O4S. The third-order valence-electron chi connectivity index (χ3n) is 2.95. The zero-order chi connectivity index (χ0) is 14.0. The van der Waals surface area contributed by atoms with E-state index in [-0.39, 0.29) is 19.0 Å². The smallest absolute Gasteiger partial charge is 0.328 e. The van der Waals surface area contributed by atoms with Gasteiger partial charge in [0.05, 0.1) is 4.88 Å². The summed E-state index contributed by atoms with van der Waals surface area (Å²) in [5, 5.41) is 11.6. The second kappa shape index (κ2) is 5.40. The minimum Gasteiger partial charge on any atom is -0.480 e. The monoisotopic (exact) mass is 282 g/mol. The van der Waals surface area contributed by atoms with Crippen molar-refractivity contribution >= 4 is 29.1 Å². The van der Waals surface area contributed by atoms with Crippen LogP contribution in [0.4, 0.5) is 0 Å². The number of carbonyl (C=O) groups is 3. The normalized spacial score (nSPS) is 19.1. The van der Waals surface area contributed by atoms with E-state index in [0.717, 1.165) is 16.2 Å². The van der Waals surface area contributed by atoms with E-state index < -0.39 is 17.9 Å². The average Bonchev–Trinajstić information content (AvgIpc) is 2.86. The third-order valence-corrected chi connectivity index (χ3v) is 4.17. The summed E-state index contributed by atoms with van der Waals surface area (Å²) in [6.07, 6.45) is 0.820. The van der Waals surface area contributed by atoms with Crippen LogP contribution >= 0.6 is 11.3 Å². The summed E-state index contributed by atoms with van der Waals surface area (Å²) in [6.45, 7) is 1.72. The summed E-state index contributed by atoms with van der Waals surface area (Å²) in [5.41, 5.74) is 0. The molecule has 0 aliphatic carbocycles. The van der Waals surface area contributed by atoms with Gasteiger partial charge < -0.3 is 15.3 Å². The Bertz CT molecular complexity index is 526. The van der Waals surface area contributed by atoms with Crippen LogP contribution in [0.3, 0.4) is 0 Å². The van der Waals surface area contributed by atoms with E-state index in [1.807, 2.05) is 13.0 Å². The first kappa shape index (κ1) is 13.5. The van der Waals surface area contributed by atoms with Gasteiger partial charge in [0.1, 0.15) is 12.6 Å². The largest absolute Gasteiger partial charge is 0.480 e. The lowest BCUT2D eigenvalue weighted by Gasteiger charge is -2.32.